The number of H-pyrrole nitrogens is 1. The van der Waals surface area contributed by atoms with E-state index >= 15 is 0 Å². The molecule has 3 heterocycles. The molecule has 2 aliphatic rings. The topological polar surface area (TPSA) is 76.7 Å². The van der Waals surface area contributed by atoms with Crippen LogP contribution in [0.3, 0.4) is 0 Å². The SMILES string of the molecule is C[C@H]1C(=O)N(C)CC2N(Cc3ccc(=O)[nH]c3)CCC(=O)N21. The van der Waals surface area contributed by atoms with Crippen molar-refractivity contribution in [3.05, 3.63) is 34.2 Å². The maximum atomic E-state index is 12.2. The maximum Gasteiger partial charge on any atom is 0.247 e. The van der Waals surface area contributed by atoms with Gasteiger partial charge in [-0.15, -0.1) is 0 Å². The molecule has 1 N–H and O–H groups in total. The fourth-order valence-corrected chi connectivity index (χ4v) is 3.27. The highest BCUT2D eigenvalue weighted by atomic mass is 16.2. The van der Waals surface area contributed by atoms with E-state index in [0.29, 0.717) is 26.1 Å². The van der Waals surface area contributed by atoms with Crippen LogP contribution < -0.4 is 5.56 Å². The lowest BCUT2D eigenvalue weighted by Gasteiger charge is -2.51. The smallest absolute Gasteiger partial charge is 0.247 e. The van der Waals surface area contributed by atoms with Gasteiger partial charge < -0.3 is 14.8 Å². The number of aromatic amines is 1. The van der Waals surface area contributed by atoms with Crippen LogP contribution in [0.25, 0.3) is 0 Å². The summed E-state index contributed by atoms with van der Waals surface area (Å²) in [6, 6.07) is 2.87. The summed E-state index contributed by atoms with van der Waals surface area (Å²) < 4.78 is 0. The fourth-order valence-electron chi connectivity index (χ4n) is 3.27. The first-order valence-electron chi connectivity index (χ1n) is 7.45. The minimum atomic E-state index is -0.422. The number of amides is 2. The summed E-state index contributed by atoms with van der Waals surface area (Å²) in [6.07, 6.45) is 2.01. The van der Waals surface area contributed by atoms with Gasteiger partial charge in [-0.2, -0.15) is 0 Å². The molecule has 118 valence electrons. The third-order valence-corrected chi connectivity index (χ3v) is 4.47. The van der Waals surface area contributed by atoms with E-state index in [2.05, 4.69) is 9.88 Å². The standard InChI is InChI=1S/C15H20N4O3/c1-10-15(22)17(2)9-13-18(6-5-14(21)19(10)13)8-11-3-4-12(20)16-7-11/h3-4,7,10,13H,5-6,8-9H2,1-2H3,(H,16,20)/t10-,13?/m0/s1. The molecule has 0 spiro atoms. The molecule has 0 bridgehead atoms. The number of hydrogen-bond acceptors (Lipinski definition) is 4. The summed E-state index contributed by atoms with van der Waals surface area (Å²) in [4.78, 5) is 43.7. The second-order valence-corrected chi connectivity index (χ2v) is 5.96. The molecule has 7 nitrogen and oxygen atoms in total. The molecular formula is C15H20N4O3. The third kappa shape index (κ3) is 2.52. The van der Waals surface area contributed by atoms with Crippen LogP contribution in [0, 0.1) is 0 Å². The summed E-state index contributed by atoms with van der Waals surface area (Å²) in [5.74, 6) is 0.0205. The van der Waals surface area contributed by atoms with E-state index in [4.69, 9.17) is 0 Å². The lowest BCUT2D eigenvalue weighted by molar-refractivity contribution is -0.167. The van der Waals surface area contributed by atoms with Crippen LogP contribution in [0.4, 0.5) is 0 Å². The van der Waals surface area contributed by atoms with Crippen molar-refractivity contribution in [1.82, 2.24) is 19.7 Å². The maximum absolute atomic E-state index is 12.2. The van der Waals surface area contributed by atoms with Crippen molar-refractivity contribution >= 4 is 11.8 Å². The fraction of sp³-hybridized carbons (Fsp3) is 0.533. The van der Waals surface area contributed by atoms with E-state index in [0.717, 1.165) is 5.56 Å². The van der Waals surface area contributed by atoms with Crippen LogP contribution in [0.5, 0.6) is 0 Å². The van der Waals surface area contributed by atoms with Gasteiger partial charge in [0.2, 0.25) is 17.4 Å². The Hall–Kier alpha value is -2.15. The molecule has 2 fully saturated rings. The number of likely N-dealkylation sites (N-methyl/N-ethyl adjacent to an activating group) is 1. The number of piperazine rings is 1. The van der Waals surface area contributed by atoms with E-state index < -0.39 is 6.04 Å². The molecule has 2 aliphatic heterocycles. The molecule has 2 amide bonds. The molecule has 22 heavy (non-hydrogen) atoms. The second-order valence-electron chi connectivity index (χ2n) is 5.96. The van der Waals surface area contributed by atoms with Crippen molar-refractivity contribution in [2.24, 2.45) is 0 Å². The normalized spacial score (nSPS) is 26.3. The lowest BCUT2D eigenvalue weighted by Crippen LogP contribution is -2.69. The number of carbonyl (C=O) groups is 2. The number of fused-ring (bicyclic) bond motifs is 1. The first-order chi connectivity index (χ1) is 10.5. The van der Waals surface area contributed by atoms with Crippen LogP contribution in [-0.2, 0) is 16.1 Å². The van der Waals surface area contributed by atoms with Crippen molar-refractivity contribution in [3.63, 3.8) is 0 Å². The van der Waals surface area contributed by atoms with Crippen molar-refractivity contribution in [1.29, 1.82) is 0 Å². The number of nitrogens with zero attached hydrogens (tertiary/aromatic N) is 3. The zero-order valence-electron chi connectivity index (χ0n) is 12.8. The summed E-state index contributed by atoms with van der Waals surface area (Å²) >= 11 is 0. The van der Waals surface area contributed by atoms with E-state index in [1.165, 1.54) is 6.07 Å². The molecule has 0 radical (unpaired) electrons. The van der Waals surface area contributed by atoms with Gasteiger partial charge in [-0.3, -0.25) is 19.3 Å². The van der Waals surface area contributed by atoms with Crippen molar-refractivity contribution < 1.29 is 9.59 Å². The molecule has 0 saturated carbocycles. The van der Waals surface area contributed by atoms with Crippen LogP contribution in [-0.4, -0.2) is 63.8 Å². The monoisotopic (exact) mass is 304 g/mol. The highest BCUT2D eigenvalue weighted by Crippen LogP contribution is 2.25. The first kappa shape index (κ1) is 14.8. The minimum Gasteiger partial charge on any atom is -0.341 e. The summed E-state index contributed by atoms with van der Waals surface area (Å²) in [5, 5.41) is 0. The van der Waals surface area contributed by atoms with E-state index in [1.807, 2.05) is 0 Å². The predicted molar refractivity (Wildman–Crippen MR) is 79.8 cm³/mol. The first-order valence-corrected chi connectivity index (χ1v) is 7.45. The molecular weight excluding hydrogens is 284 g/mol. The lowest BCUT2D eigenvalue weighted by atomic mass is 10.0. The highest BCUT2D eigenvalue weighted by molar-refractivity contribution is 5.89. The predicted octanol–water partition coefficient (Wildman–Crippen LogP) is -0.404. The quantitative estimate of drug-likeness (QED) is 0.806. The number of pyridine rings is 1. The number of rotatable bonds is 2. The largest absolute Gasteiger partial charge is 0.341 e. The summed E-state index contributed by atoms with van der Waals surface area (Å²) in [7, 11) is 1.77. The van der Waals surface area contributed by atoms with Gasteiger partial charge in [0.1, 0.15) is 12.2 Å². The molecule has 1 aromatic rings. The molecule has 0 aromatic carbocycles. The zero-order valence-corrected chi connectivity index (χ0v) is 12.8. The second kappa shape index (κ2) is 5.57. The zero-order chi connectivity index (χ0) is 15.9. The van der Waals surface area contributed by atoms with Crippen LogP contribution >= 0.6 is 0 Å². The third-order valence-electron chi connectivity index (χ3n) is 4.47. The Morgan fingerprint density at radius 3 is 2.73 bits per heavy atom. The molecule has 1 aromatic heterocycles. The van der Waals surface area contributed by atoms with Gasteiger partial charge in [0, 0.05) is 38.8 Å². The molecule has 2 atom stereocenters. The van der Waals surface area contributed by atoms with Gasteiger partial charge >= 0.3 is 0 Å². The Labute approximate surface area is 128 Å². The van der Waals surface area contributed by atoms with Gasteiger partial charge in [-0.05, 0) is 12.5 Å². The minimum absolute atomic E-state index is 0.0181. The van der Waals surface area contributed by atoms with Crippen molar-refractivity contribution in [2.45, 2.75) is 32.1 Å². The Kier molecular flexibility index (Phi) is 3.74. The molecule has 3 rings (SSSR count). The Balaban J connectivity index is 1.83. The number of aromatic nitrogens is 1. The van der Waals surface area contributed by atoms with E-state index in [1.54, 1.807) is 36.0 Å². The van der Waals surface area contributed by atoms with Gasteiger partial charge in [-0.25, -0.2) is 0 Å². The highest BCUT2D eigenvalue weighted by Gasteiger charge is 2.44. The number of carbonyl (C=O) groups excluding carboxylic acids is 2. The number of nitrogens with one attached hydrogen (secondary N) is 1. The molecule has 1 unspecified atom stereocenters. The Bertz CT molecular complexity index is 636. The van der Waals surface area contributed by atoms with Gasteiger partial charge in [0.15, 0.2) is 0 Å². The molecule has 0 aliphatic carbocycles. The van der Waals surface area contributed by atoms with Gasteiger partial charge in [0.05, 0.1) is 6.54 Å². The van der Waals surface area contributed by atoms with Gasteiger partial charge in [-0.1, -0.05) is 6.07 Å². The number of hydrogen-bond donors (Lipinski definition) is 1. The van der Waals surface area contributed by atoms with Crippen LogP contribution in [0.1, 0.15) is 18.9 Å². The Morgan fingerprint density at radius 1 is 1.27 bits per heavy atom. The van der Waals surface area contributed by atoms with Gasteiger partial charge in [0.25, 0.3) is 0 Å². The van der Waals surface area contributed by atoms with Crippen molar-refractivity contribution in [2.75, 3.05) is 20.1 Å². The average molecular weight is 304 g/mol. The molecule has 2 saturated heterocycles. The molecule has 7 heteroatoms. The summed E-state index contributed by atoms with van der Waals surface area (Å²) in [6.45, 7) is 3.60. The van der Waals surface area contributed by atoms with Crippen LogP contribution in [0.15, 0.2) is 23.1 Å². The summed E-state index contributed by atoms with van der Waals surface area (Å²) in [5.41, 5.74) is 0.858. The van der Waals surface area contributed by atoms with E-state index in [9.17, 15) is 14.4 Å². The Morgan fingerprint density at radius 2 is 2.05 bits per heavy atom. The average Bonchev–Trinajstić information content (AvgIpc) is 2.49. The van der Waals surface area contributed by atoms with E-state index in [-0.39, 0.29) is 23.5 Å². The van der Waals surface area contributed by atoms with Crippen LogP contribution in [0.2, 0.25) is 0 Å². The van der Waals surface area contributed by atoms with Crippen molar-refractivity contribution in [3.8, 4) is 0 Å².